The fourth-order valence-electron chi connectivity index (χ4n) is 2.27. The second-order valence-electron chi connectivity index (χ2n) is 5.28. The van der Waals surface area contributed by atoms with Gasteiger partial charge >= 0.3 is 0 Å². The third-order valence-electron chi connectivity index (χ3n) is 3.34. The van der Waals surface area contributed by atoms with Crippen LogP contribution in [0.4, 0.5) is 10.8 Å². The van der Waals surface area contributed by atoms with Crippen LogP contribution in [0.3, 0.4) is 0 Å². The first-order chi connectivity index (χ1) is 12.3. The van der Waals surface area contributed by atoms with Gasteiger partial charge in [-0.1, -0.05) is 22.9 Å². The number of hydrogen-bond acceptors (Lipinski definition) is 6. The molecule has 1 aromatic heterocycles. The Balaban J connectivity index is 1.94. The first-order valence-electron chi connectivity index (χ1n) is 7.33. The number of ether oxygens (including phenoxy) is 1. The molecule has 3 rings (SSSR count). The average molecular weight is 412 g/mol. The van der Waals surface area contributed by atoms with Crippen molar-refractivity contribution in [3.8, 4) is 5.75 Å². The summed E-state index contributed by atoms with van der Waals surface area (Å²) in [6, 6.07) is 9.28. The van der Waals surface area contributed by atoms with Crippen molar-refractivity contribution >= 4 is 59.9 Å². The Morgan fingerprint density at radius 2 is 2.00 bits per heavy atom. The summed E-state index contributed by atoms with van der Waals surface area (Å²) in [5, 5.41) is 3.33. The summed E-state index contributed by atoms with van der Waals surface area (Å²) >= 11 is 7.21. The van der Waals surface area contributed by atoms with E-state index >= 15 is 0 Å². The van der Waals surface area contributed by atoms with Crippen LogP contribution in [0.1, 0.15) is 6.92 Å². The van der Waals surface area contributed by atoms with E-state index in [-0.39, 0.29) is 21.6 Å². The van der Waals surface area contributed by atoms with Gasteiger partial charge in [0.25, 0.3) is 10.0 Å². The summed E-state index contributed by atoms with van der Waals surface area (Å²) in [5.41, 5.74) is 0.899. The molecule has 2 N–H and O–H groups in total. The summed E-state index contributed by atoms with van der Waals surface area (Å²) in [6.07, 6.45) is 0. The molecule has 0 atom stereocenters. The number of hydrogen-bond donors (Lipinski definition) is 2. The van der Waals surface area contributed by atoms with Gasteiger partial charge in [-0.05, 0) is 36.4 Å². The minimum absolute atomic E-state index is 0.0650. The highest BCUT2D eigenvalue weighted by atomic mass is 35.5. The zero-order chi connectivity index (χ0) is 18.9. The standard InChI is InChI=1S/C16H14ClN3O4S2/c1-9(21)18-16-19-12-8-11(4-6-14(12)25-16)20-26(22,23)15-7-10(17)3-5-13(15)24-2/h3-8,20H,1-2H3,(H,18,19,21). The van der Waals surface area contributed by atoms with E-state index in [2.05, 4.69) is 15.0 Å². The molecule has 2 aromatic carbocycles. The highest BCUT2D eigenvalue weighted by Gasteiger charge is 2.20. The number of fused-ring (bicyclic) bond motifs is 1. The zero-order valence-electron chi connectivity index (χ0n) is 13.7. The molecule has 10 heteroatoms. The summed E-state index contributed by atoms with van der Waals surface area (Å²) in [6.45, 7) is 1.39. The Bertz CT molecular complexity index is 1100. The quantitative estimate of drug-likeness (QED) is 0.666. The highest BCUT2D eigenvalue weighted by molar-refractivity contribution is 7.92. The van der Waals surface area contributed by atoms with Crippen molar-refractivity contribution in [2.75, 3.05) is 17.1 Å². The lowest BCUT2D eigenvalue weighted by molar-refractivity contribution is -0.114. The minimum Gasteiger partial charge on any atom is -0.495 e. The molecule has 0 unspecified atom stereocenters. The van der Waals surface area contributed by atoms with Crippen LogP contribution in [0.2, 0.25) is 5.02 Å². The number of anilines is 2. The van der Waals surface area contributed by atoms with E-state index in [0.717, 1.165) is 4.70 Å². The molecular formula is C16H14ClN3O4S2. The molecule has 0 aliphatic heterocycles. The molecule has 0 aliphatic rings. The molecule has 0 bridgehead atoms. The Hall–Kier alpha value is -2.36. The number of rotatable bonds is 5. The van der Waals surface area contributed by atoms with Gasteiger partial charge < -0.3 is 10.1 Å². The maximum atomic E-state index is 12.7. The predicted octanol–water partition coefficient (Wildman–Crippen LogP) is 3.72. The van der Waals surface area contributed by atoms with Crippen molar-refractivity contribution in [2.24, 2.45) is 0 Å². The third kappa shape index (κ3) is 3.90. The predicted molar refractivity (Wildman–Crippen MR) is 103 cm³/mol. The second-order valence-corrected chi connectivity index (χ2v) is 8.40. The Labute approximate surface area is 159 Å². The van der Waals surface area contributed by atoms with Crippen LogP contribution in [0.25, 0.3) is 10.2 Å². The van der Waals surface area contributed by atoms with Gasteiger partial charge in [-0.3, -0.25) is 9.52 Å². The number of aromatic nitrogens is 1. The normalized spacial score (nSPS) is 11.3. The number of sulfonamides is 1. The third-order valence-corrected chi connectivity index (χ3v) is 5.93. The van der Waals surface area contributed by atoms with Gasteiger partial charge in [0.05, 0.1) is 23.0 Å². The molecule has 0 fully saturated rings. The lowest BCUT2D eigenvalue weighted by atomic mass is 10.3. The van der Waals surface area contributed by atoms with E-state index in [0.29, 0.717) is 16.3 Å². The number of benzene rings is 2. The highest BCUT2D eigenvalue weighted by Crippen LogP contribution is 2.31. The molecule has 1 amide bonds. The van der Waals surface area contributed by atoms with Gasteiger partial charge in [0.1, 0.15) is 10.6 Å². The van der Waals surface area contributed by atoms with E-state index in [1.54, 1.807) is 24.3 Å². The van der Waals surface area contributed by atoms with Crippen molar-refractivity contribution in [2.45, 2.75) is 11.8 Å². The molecule has 1 heterocycles. The lowest BCUT2D eigenvalue weighted by Gasteiger charge is -2.12. The fraction of sp³-hybridized carbons (Fsp3) is 0.125. The number of thiazole rings is 1. The fourth-order valence-corrected chi connectivity index (χ4v) is 4.64. The molecule has 136 valence electrons. The van der Waals surface area contributed by atoms with Crippen LogP contribution in [-0.4, -0.2) is 26.4 Å². The maximum Gasteiger partial charge on any atom is 0.265 e. The smallest absolute Gasteiger partial charge is 0.265 e. The van der Waals surface area contributed by atoms with Crippen molar-refractivity contribution in [3.05, 3.63) is 41.4 Å². The van der Waals surface area contributed by atoms with Crippen molar-refractivity contribution in [1.82, 2.24) is 4.98 Å². The SMILES string of the molecule is COc1ccc(Cl)cc1S(=O)(=O)Nc1ccc2sc(NC(C)=O)nc2c1. The Morgan fingerprint density at radius 1 is 1.23 bits per heavy atom. The minimum atomic E-state index is -3.91. The summed E-state index contributed by atoms with van der Waals surface area (Å²) < 4.78 is 33.8. The van der Waals surface area contributed by atoms with Crippen LogP contribution in [0.15, 0.2) is 41.3 Å². The summed E-state index contributed by atoms with van der Waals surface area (Å²) in [5.74, 6) is -0.0392. The summed E-state index contributed by atoms with van der Waals surface area (Å²) in [4.78, 5) is 15.3. The molecule has 0 radical (unpaired) electrons. The molecule has 7 nitrogen and oxygen atoms in total. The first kappa shape index (κ1) is 18.4. The lowest BCUT2D eigenvalue weighted by Crippen LogP contribution is -2.14. The Morgan fingerprint density at radius 3 is 2.69 bits per heavy atom. The molecular weight excluding hydrogens is 398 g/mol. The van der Waals surface area contributed by atoms with Crippen LogP contribution < -0.4 is 14.8 Å². The van der Waals surface area contributed by atoms with Crippen LogP contribution >= 0.6 is 22.9 Å². The second kappa shape index (κ2) is 7.10. The number of carbonyl (C=O) groups is 1. The number of carbonyl (C=O) groups excluding carboxylic acids is 1. The monoisotopic (exact) mass is 411 g/mol. The molecule has 0 saturated carbocycles. The van der Waals surface area contributed by atoms with E-state index in [9.17, 15) is 13.2 Å². The van der Waals surface area contributed by atoms with Crippen molar-refractivity contribution < 1.29 is 17.9 Å². The first-order valence-corrected chi connectivity index (χ1v) is 10.0. The van der Waals surface area contributed by atoms with E-state index in [1.165, 1.54) is 37.5 Å². The van der Waals surface area contributed by atoms with E-state index in [4.69, 9.17) is 16.3 Å². The van der Waals surface area contributed by atoms with Gasteiger partial charge in [0.15, 0.2) is 5.13 Å². The largest absolute Gasteiger partial charge is 0.495 e. The molecule has 0 spiro atoms. The maximum absolute atomic E-state index is 12.7. The molecule has 0 aliphatic carbocycles. The van der Waals surface area contributed by atoms with Gasteiger partial charge in [-0.15, -0.1) is 0 Å². The number of nitrogens with one attached hydrogen (secondary N) is 2. The topological polar surface area (TPSA) is 97.4 Å². The van der Waals surface area contributed by atoms with Gasteiger partial charge in [0, 0.05) is 11.9 Å². The van der Waals surface area contributed by atoms with E-state index in [1.807, 2.05) is 0 Å². The van der Waals surface area contributed by atoms with E-state index < -0.39 is 10.0 Å². The number of nitrogens with zero attached hydrogens (tertiary/aromatic N) is 1. The van der Waals surface area contributed by atoms with Crippen molar-refractivity contribution in [3.63, 3.8) is 0 Å². The van der Waals surface area contributed by atoms with Gasteiger partial charge in [-0.25, -0.2) is 13.4 Å². The molecule has 0 saturated heterocycles. The number of methoxy groups -OCH3 is 1. The van der Waals surface area contributed by atoms with Gasteiger partial charge in [0.2, 0.25) is 5.91 Å². The summed E-state index contributed by atoms with van der Waals surface area (Å²) in [7, 11) is -2.53. The van der Waals surface area contributed by atoms with Crippen LogP contribution in [0.5, 0.6) is 5.75 Å². The molecule has 3 aromatic rings. The molecule has 26 heavy (non-hydrogen) atoms. The van der Waals surface area contributed by atoms with Crippen LogP contribution in [0, 0.1) is 0 Å². The van der Waals surface area contributed by atoms with Gasteiger partial charge in [-0.2, -0.15) is 0 Å². The Kier molecular flexibility index (Phi) is 5.03. The zero-order valence-corrected chi connectivity index (χ0v) is 16.1. The number of amides is 1. The van der Waals surface area contributed by atoms with Crippen molar-refractivity contribution in [1.29, 1.82) is 0 Å². The average Bonchev–Trinajstić information content (AvgIpc) is 2.95. The van der Waals surface area contributed by atoms with Crippen LogP contribution in [-0.2, 0) is 14.8 Å². The number of halogens is 1.